The summed E-state index contributed by atoms with van der Waals surface area (Å²) < 4.78 is 21.4. The van der Waals surface area contributed by atoms with Crippen molar-refractivity contribution in [1.82, 2.24) is 5.01 Å². The second kappa shape index (κ2) is 9.64. The Balaban J connectivity index is 1.81. The standard InChI is InChI=1S/C21H20N2O5S2/c1-25-15-7-5-13(9-17(15)27-3)11-19-20(24)23(21(29)30-19)22-12-14-6-8-16(26-2)18(10-14)28-4/h5-12H,1-4H3/b19-11+,22-12?. The number of hydrogen-bond acceptors (Lipinski definition) is 8. The highest BCUT2D eigenvalue weighted by Gasteiger charge is 2.32. The third kappa shape index (κ3) is 4.58. The Kier molecular flexibility index (Phi) is 6.96. The van der Waals surface area contributed by atoms with Crippen LogP contribution in [0.1, 0.15) is 11.1 Å². The summed E-state index contributed by atoms with van der Waals surface area (Å²) in [5.74, 6) is 2.07. The zero-order valence-electron chi connectivity index (χ0n) is 16.9. The second-order valence-corrected chi connectivity index (χ2v) is 7.64. The van der Waals surface area contributed by atoms with Crippen LogP contribution in [0.5, 0.6) is 23.0 Å². The van der Waals surface area contributed by atoms with Crippen molar-refractivity contribution in [2.75, 3.05) is 28.4 Å². The van der Waals surface area contributed by atoms with Crippen molar-refractivity contribution >= 4 is 46.5 Å². The molecule has 1 fully saturated rings. The summed E-state index contributed by atoms with van der Waals surface area (Å²) in [5, 5.41) is 5.45. The highest BCUT2D eigenvalue weighted by molar-refractivity contribution is 8.26. The van der Waals surface area contributed by atoms with E-state index in [0.29, 0.717) is 32.2 Å². The molecule has 7 nitrogen and oxygen atoms in total. The molecule has 1 amide bonds. The third-order valence-corrected chi connectivity index (χ3v) is 5.49. The Labute approximate surface area is 184 Å². The van der Waals surface area contributed by atoms with Crippen LogP contribution >= 0.6 is 24.0 Å². The van der Waals surface area contributed by atoms with E-state index in [2.05, 4.69) is 5.10 Å². The summed E-state index contributed by atoms with van der Waals surface area (Å²) in [5.41, 5.74) is 1.53. The Hall–Kier alpha value is -3.04. The predicted molar refractivity (Wildman–Crippen MR) is 122 cm³/mol. The molecule has 3 rings (SSSR count). The molecule has 1 aliphatic heterocycles. The van der Waals surface area contributed by atoms with Crippen molar-refractivity contribution in [2.24, 2.45) is 5.10 Å². The van der Waals surface area contributed by atoms with E-state index >= 15 is 0 Å². The lowest BCUT2D eigenvalue weighted by Gasteiger charge is -2.09. The minimum atomic E-state index is -0.295. The molecule has 0 aromatic heterocycles. The van der Waals surface area contributed by atoms with E-state index in [1.165, 1.54) is 16.8 Å². The minimum absolute atomic E-state index is 0.295. The van der Waals surface area contributed by atoms with Crippen molar-refractivity contribution < 1.29 is 23.7 Å². The number of rotatable bonds is 7. The number of thiocarbonyl (C=S) groups is 1. The van der Waals surface area contributed by atoms with Gasteiger partial charge in [-0.2, -0.15) is 10.1 Å². The summed E-state index contributed by atoms with van der Waals surface area (Å²) in [4.78, 5) is 13.2. The van der Waals surface area contributed by atoms with Gasteiger partial charge in [-0.15, -0.1) is 0 Å². The molecule has 0 aliphatic carbocycles. The van der Waals surface area contributed by atoms with E-state index in [4.69, 9.17) is 31.2 Å². The highest BCUT2D eigenvalue weighted by Crippen LogP contribution is 2.35. The molecule has 0 radical (unpaired) electrons. The average Bonchev–Trinajstić information content (AvgIpc) is 3.04. The molecule has 30 heavy (non-hydrogen) atoms. The molecule has 0 unspecified atom stereocenters. The van der Waals surface area contributed by atoms with Crippen molar-refractivity contribution in [1.29, 1.82) is 0 Å². The van der Waals surface area contributed by atoms with E-state index < -0.39 is 0 Å². The molecule has 0 bridgehead atoms. The summed E-state index contributed by atoms with van der Waals surface area (Å²) in [6, 6.07) is 10.7. The largest absolute Gasteiger partial charge is 0.493 e. The van der Waals surface area contributed by atoms with Gasteiger partial charge in [0.1, 0.15) is 0 Å². The fourth-order valence-corrected chi connectivity index (χ4v) is 3.88. The number of ether oxygens (including phenoxy) is 4. The molecule has 0 saturated carbocycles. The molecule has 1 heterocycles. The molecule has 2 aromatic rings. The fraction of sp³-hybridized carbons (Fsp3) is 0.190. The zero-order valence-corrected chi connectivity index (χ0v) is 18.5. The number of nitrogens with zero attached hydrogens (tertiary/aromatic N) is 2. The molecular weight excluding hydrogens is 424 g/mol. The van der Waals surface area contributed by atoms with Crippen LogP contribution in [0.3, 0.4) is 0 Å². The van der Waals surface area contributed by atoms with Crippen molar-refractivity contribution in [2.45, 2.75) is 0 Å². The first-order valence-corrected chi connectivity index (χ1v) is 9.99. The van der Waals surface area contributed by atoms with Crippen LogP contribution in [0, 0.1) is 0 Å². The van der Waals surface area contributed by atoms with Crippen LogP contribution < -0.4 is 18.9 Å². The van der Waals surface area contributed by atoms with Gasteiger partial charge in [0, 0.05) is 0 Å². The van der Waals surface area contributed by atoms with Crippen molar-refractivity contribution in [3.05, 3.63) is 52.4 Å². The Morgan fingerprint density at radius 3 is 1.97 bits per heavy atom. The lowest BCUT2D eigenvalue weighted by Crippen LogP contribution is -2.22. The van der Waals surface area contributed by atoms with Gasteiger partial charge in [0.25, 0.3) is 5.91 Å². The van der Waals surface area contributed by atoms with Crippen LogP contribution in [0.4, 0.5) is 0 Å². The first kappa shape index (κ1) is 21.7. The van der Waals surface area contributed by atoms with Crippen LogP contribution in [0.15, 0.2) is 46.4 Å². The van der Waals surface area contributed by atoms with E-state index in [9.17, 15) is 4.79 Å². The smallest absolute Gasteiger partial charge is 0.286 e. The Morgan fingerprint density at radius 2 is 1.40 bits per heavy atom. The molecular formula is C21H20N2O5S2. The SMILES string of the molecule is COc1ccc(C=NN2C(=O)/C(=C\c3ccc(OC)c(OC)c3)SC2=S)cc1OC. The normalized spacial score (nSPS) is 15.2. The maximum Gasteiger partial charge on any atom is 0.286 e. The molecule has 9 heteroatoms. The topological polar surface area (TPSA) is 69.6 Å². The maximum atomic E-state index is 12.8. The van der Waals surface area contributed by atoms with E-state index in [1.54, 1.807) is 65.0 Å². The first-order valence-electron chi connectivity index (χ1n) is 8.76. The van der Waals surface area contributed by atoms with Crippen molar-refractivity contribution in [3.63, 3.8) is 0 Å². The van der Waals surface area contributed by atoms with Gasteiger partial charge in [0.05, 0.1) is 39.6 Å². The number of carbonyl (C=O) groups excluding carboxylic acids is 1. The number of benzene rings is 2. The minimum Gasteiger partial charge on any atom is -0.493 e. The number of thioether (sulfide) groups is 1. The number of methoxy groups -OCH3 is 4. The number of carbonyl (C=O) groups is 1. The first-order chi connectivity index (χ1) is 14.5. The Morgan fingerprint density at radius 1 is 0.867 bits per heavy atom. The number of amides is 1. The van der Waals surface area contributed by atoms with E-state index in [1.807, 2.05) is 12.1 Å². The quantitative estimate of drug-likeness (QED) is 0.364. The average molecular weight is 445 g/mol. The lowest BCUT2D eigenvalue weighted by atomic mass is 10.2. The fourth-order valence-electron chi connectivity index (χ4n) is 2.71. The third-order valence-electron chi connectivity index (χ3n) is 4.21. The van der Waals surface area contributed by atoms with E-state index in [-0.39, 0.29) is 5.91 Å². The Bertz CT molecular complexity index is 1040. The van der Waals surface area contributed by atoms with Gasteiger partial charge < -0.3 is 18.9 Å². The zero-order chi connectivity index (χ0) is 21.7. The number of hydrogen-bond donors (Lipinski definition) is 0. The molecule has 0 N–H and O–H groups in total. The molecule has 0 spiro atoms. The summed E-state index contributed by atoms with van der Waals surface area (Å²) in [7, 11) is 6.25. The molecule has 1 saturated heterocycles. The highest BCUT2D eigenvalue weighted by atomic mass is 32.2. The maximum absolute atomic E-state index is 12.8. The van der Waals surface area contributed by atoms with Gasteiger partial charge in [0.15, 0.2) is 27.3 Å². The van der Waals surface area contributed by atoms with Crippen LogP contribution in [-0.2, 0) is 4.79 Å². The molecule has 0 atom stereocenters. The van der Waals surface area contributed by atoms with E-state index in [0.717, 1.165) is 11.1 Å². The summed E-state index contributed by atoms with van der Waals surface area (Å²) in [6.45, 7) is 0. The van der Waals surface area contributed by atoms with Gasteiger partial charge in [-0.25, -0.2) is 0 Å². The van der Waals surface area contributed by atoms with Gasteiger partial charge in [-0.05, 0) is 59.8 Å². The van der Waals surface area contributed by atoms with Crippen molar-refractivity contribution in [3.8, 4) is 23.0 Å². The summed E-state index contributed by atoms with van der Waals surface area (Å²) in [6.07, 6.45) is 3.29. The number of hydrazone groups is 1. The lowest BCUT2D eigenvalue weighted by molar-refractivity contribution is -0.122. The van der Waals surface area contributed by atoms with Crippen LogP contribution in [0.2, 0.25) is 0 Å². The van der Waals surface area contributed by atoms with Gasteiger partial charge in [-0.1, -0.05) is 17.8 Å². The molecule has 1 aliphatic rings. The van der Waals surface area contributed by atoms with Gasteiger partial charge in [-0.3, -0.25) is 4.79 Å². The van der Waals surface area contributed by atoms with Gasteiger partial charge >= 0.3 is 0 Å². The monoisotopic (exact) mass is 444 g/mol. The summed E-state index contributed by atoms with van der Waals surface area (Å²) >= 11 is 6.51. The van der Waals surface area contributed by atoms with Gasteiger partial charge in [0.2, 0.25) is 0 Å². The van der Waals surface area contributed by atoms with Crippen LogP contribution in [0.25, 0.3) is 6.08 Å². The molecule has 2 aromatic carbocycles. The predicted octanol–water partition coefficient (Wildman–Crippen LogP) is 3.96. The molecule has 156 valence electrons. The second-order valence-electron chi connectivity index (χ2n) is 5.97. The van der Waals surface area contributed by atoms with Crippen LogP contribution in [-0.4, -0.2) is 49.9 Å².